The van der Waals surface area contributed by atoms with Gasteiger partial charge in [0.1, 0.15) is 5.82 Å². The molecule has 1 aliphatic carbocycles. The van der Waals surface area contributed by atoms with Crippen molar-refractivity contribution in [2.75, 3.05) is 5.32 Å². The molecule has 2 aliphatic rings. The Balaban J connectivity index is 1.53. The second-order valence-corrected chi connectivity index (χ2v) is 8.73. The molecule has 0 bridgehead atoms. The van der Waals surface area contributed by atoms with Crippen LogP contribution in [0.3, 0.4) is 0 Å². The Bertz CT molecular complexity index is 1130. The normalized spacial score (nSPS) is 17.5. The van der Waals surface area contributed by atoms with Crippen LogP contribution < -0.4 is 10.9 Å². The lowest BCUT2D eigenvalue weighted by molar-refractivity contribution is 0.327. The van der Waals surface area contributed by atoms with Gasteiger partial charge in [-0.3, -0.25) is 9.48 Å². The third-order valence-electron chi connectivity index (χ3n) is 6.72. The predicted molar refractivity (Wildman–Crippen MR) is 119 cm³/mol. The Morgan fingerprint density at radius 3 is 2.55 bits per heavy atom. The van der Waals surface area contributed by atoms with Gasteiger partial charge in [-0.05, 0) is 55.9 Å². The van der Waals surface area contributed by atoms with E-state index in [1.54, 1.807) is 23.0 Å². The molecule has 1 fully saturated rings. The fraction of sp³-hybridized carbons (Fsp3) is 0.458. The van der Waals surface area contributed by atoms with Gasteiger partial charge in [-0.25, -0.2) is 19.0 Å². The summed E-state index contributed by atoms with van der Waals surface area (Å²) >= 11 is 0. The second-order valence-electron chi connectivity index (χ2n) is 8.73. The highest BCUT2D eigenvalue weighted by Gasteiger charge is 2.27. The molecule has 1 aliphatic heterocycles. The average Bonchev–Trinajstić information content (AvgIpc) is 3.37. The molecule has 162 valence electrons. The van der Waals surface area contributed by atoms with Crippen molar-refractivity contribution < 1.29 is 4.39 Å². The third-order valence-corrected chi connectivity index (χ3v) is 6.72. The Hall–Kier alpha value is -2.96. The monoisotopic (exact) mass is 421 g/mol. The lowest BCUT2D eigenvalue weighted by Gasteiger charge is -2.28. The Morgan fingerprint density at radius 1 is 1.03 bits per heavy atom. The van der Waals surface area contributed by atoms with Crippen LogP contribution in [0, 0.1) is 11.7 Å². The summed E-state index contributed by atoms with van der Waals surface area (Å²) in [5.41, 5.74) is 2.72. The molecular formula is C24H28FN5O. The van der Waals surface area contributed by atoms with Crippen LogP contribution in [0.15, 0.2) is 41.3 Å². The van der Waals surface area contributed by atoms with Gasteiger partial charge >= 0.3 is 0 Å². The molecule has 2 aromatic heterocycles. The van der Waals surface area contributed by atoms with Gasteiger partial charge in [0.05, 0.1) is 17.0 Å². The Morgan fingerprint density at radius 2 is 1.77 bits per heavy atom. The fourth-order valence-corrected chi connectivity index (χ4v) is 5.07. The van der Waals surface area contributed by atoms with E-state index < -0.39 is 0 Å². The quantitative estimate of drug-likeness (QED) is 0.649. The van der Waals surface area contributed by atoms with Crippen LogP contribution in [0.25, 0.3) is 22.5 Å². The molecule has 6 nitrogen and oxygen atoms in total. The SMILES string of the molecule is C[C@H](Nc1nccc(-c2c(-c3ccc(F)cc3)c(=O)n3n2CCC3)n1)C1CCCCC1. The summed E-state index contributed by atoms with van der Waals surface area (Å²) in [7, 11) is 0. The summed E-state index contributed by atoms with van der Waals surface area (Å²) in [6.45, 7) is 3.65. The maximum Gasteiger partial charge on any atom is 0.275 e. The van der Waals surface area contributed by atoms with E-state index in [9.17, 15) is 9.18 Å². The maximum absolute atomic E-state index is 13.5. The Kier molecular flexibility index (Phi) is 5.34. The number of nitrogens with zero attached hydrogens (tertiary/aromatic N) is 4. The van der Waals surface area contributed by atoms with E-state index in [4.69, 9.17) is 4.98 Å². The number of nitrogens with one attached hydrogen (secondary N) is 1. The molecular weight excluding hydrogens is 393 g/mol. The summed E-state index contributed by atoms with van der Waals surface area (Å²) in [6.07, 6.45) is 9.06. The van der Waals surface area contributed by atoms with Crippen LogP contribution in [0.1, 0.15) is 45.4 Å². The second kappa shape index (κ2) is 8.29. The minimum absolute atomic E-state index is 0.0530. The van der Waals surface area contributed by atoms with Crippen LogP contribution in [-0.4, -0.2) is 25.4 Å². The number of aromatic nitrogens is 4. The van der Waals surface area contributed by atoms with Crippen LogP contribution >= 0.6 is 0 Å². The van der Waals surface area contributed by atoms with Crippen molar-refractivity contribution in [2.45, 2.75) is 64.6 Å². The zero-order valence-electron chi connectivity index (χ0n) is 17.9. The highest BCUT2D eigenvalue weighted by atomic mass is 19.1. The summed E-state index contributed by atoms with van der Waals surface area (Å²) in [5.74, 6) is 0.908. The minimum Gasteiger partial charge on any atom is -0.351 e. The minimum atomic E-state index is -0.317. The molecule has 0 unspecified atom stereocenters. The van der Waals surface area contributed by atoms with Crippen LogP contribution in [0.4, 0.5) is 10.3 Å². The molecule has 1 saturated carbocycles. The first kappa shape index (κ1) is 20.0. The predicted octanol–water partition coefficient (Wildman–Crippen LogP) is 4.70. The third kappa shape index (κ3) is 3.77. The summed E-state index contributed by atoms with van der Waals surface area (Å²) in [6, 6.07) is 8.27. The van der Waals surface area contributed by atoms with Gasteiger partial charge in [-0.15, -0.1) is 0 Å². The number of benzene rings is 1. The van der Waals surface area contributed by atoms with Gasteiger partial charge in [0, 0.05) is 25.3 Å². The molecule has 0 amide bonds. The lowest BCUT2D eigenvalue weighted by Crippen LogP contribution is -2.28. The molecule has 1 aromatic carbocycles. The number of hydrogen-bond acceptors (Lipinski definition) is 4. The van der Waals surface area contributed by atoms with Gasteiger partial charge in [-0.2, -0.15) is 0 Å². The first-order valence-electron chi connectivity index (χ1n) is 11.3. The maximum atomic E-state index is 13.5. The first-order chi connectivity index (χ1) is 15.1. The topological polar surface area (TPSA) is 64.7 Å². The molecule has 0 saturated heterocycles. The van der Waals surface area contributed by atoms with E-state index in [0.29, 0.717) is 41.3 Å². The smallest absolute Gasteiger partial charge is 0.275 e. The first-order valence-corrected chi connectivity index (χ1v) is 11.3. The van der Waals surface area contributed by atoms with Gasteiger partial charge in [0.25, 0.3) is 5.56 Å². The number of rotatable bonds is 5. The molecule has 7 heteroatoms. The highest BCUT2D eigenvalue weighted by Crippen LogP contribution is 2.32. The molecule has 1 atom stereocenters. The fourth-order valence-electron chi connectivity index (χ4n) is 5.07. The summed E-state index contributed by atoms with van der Waals surface area (Å²) in [5, 5.41) is 3.50. The van der Waals surface area contributed by atoms with Crippen LogP contribution in [0.5, 0.6) is 0 Å². The van der Waals surface area contributed by atoms with E-state index in [2.05, 4.69) is 17.2 Å². The molecule has 5 rings (SSSR count). The standard InChI is InChI=1S/C24H28FN5O/c1-16(17-6-3-2-4-7-17)27-24-26-13-12-20(28-24)22-21(18-8-10-19(25)11-9-18)23(31)30-15-5-14-29(22)30/h8-13,16-17H,2-7,14-15H2,1H3,(H,26,27,28)/t16-/m0/s1. The van der Waals surface area contributed by atoms with Crippen molar-refractivity contribution in [3.05, 3.63) is 52.7 Å². The Labute approximate surface area is 181 Å². The number of fused-ring (bicyclic) bond motifs is 1. The largest absolute Gasteiger partial charge is 0.351 e. The number of anilines is 1. The molecule has 31 heavy (non-hydrogen) atoms. The molecule has 3 heterocycles. The lowest BCUT2D eigenvalue weighted by atomic mass is 9.85. The van der Waals surface area contributed by atoms with Crippen molar-refractivity contribution in [2.24, 2.45) is 5.92 Å². The number of halogens is 1. The summed E-state index contributed by atoms with van der Waals surface area (Å²) in [4.78, 5) is 22.4. The number of hydrogen-bond donors (Lipinski definition) is 1. The molecule has 0 spiro atoms. The van der Waals surface area contributed by atoms with Crippen molar-refractivity contribution in [1.82, 2.24) is 19.3 Å². The van der Waals surface area contributed by atoms with Crippen LogP contribution in [-0.2, 0) is 13.1 Å². The molecule has 0 radical (unpaired) electrons. The zero-order chi connectivity index (χ0) is 21.4. The van der Waals surface area contributed by atoms with E-state index >= 15 is 0 Å². The summed E-state index contributed by atoms with van der Waals surface area (Å²) < 4.78 is 17.3. The van der Waals surface area contributed by atoms with E-state index in [1.165, 1.54) is 44.2 Å². The van der Waals surface area contributed by atoms with E-state index in [0.717, 1.165) is 18.7 Å². The van der Waals surface area contributed by atoms with Crippen molar-refractivity contribution in [3.8, 4) is 22.5 Å². The van der Waals surface area contributed by atoms with Crippen molar-refractivity contribution in [1.29, 1.82) is 0 Å². The average molecular weight is 422 g/mol. The zero-order valence-corrected chi connectivity index (χ0v) is 17.9. The van der Waals surface area contributed by atoms with Crippen molar-refractivity contribution >= 4 is 5.95 Å². The van der Waals surface area contributed by atoms with Gasteiger partial charge in [0.15, 0.2) is 0 Å². The van der Waals surface area contributed by atoms with Gasteiger partial charge in [0.2, 0.25) is 5.95 Å². The highest BCUT2D eigenvalue weighted by molar-refractivity contribution is 5.79. The van der Waals surface area contributed by atoms with E-state index in [1.807, 2.05) is 10.7 Å². The molecule has 1 N–H and O–H groups in total. The van der Waals surface area contributed by atoms with Gasteiger partial charge < -0.3 is 5.32 Å². The van der Waals surface area contributed by atoms with Crippen molar-refractivity contribution in [3.63, 3.8) is 0 Å². The van der Waals surface area contributed by atoms with Crippen LogP contribution in [0.2, 0.25) is 0 Å². The van der Waals surface area contributed by atoms with E-state index in [-0.39, 0.29) is 11.4 Å². The molecule has 3 aromatic rings. The van der Waals surface area contributed by atoms with Gasteiger partial charge in [-0.1, -0.05) is 31.4 Å².